The van der Waals surface area contributed by atoms with E-state index < -0.39 is 0 Å². The zero-order valence-corrected chi connectivity index (χ0v) is 34.4. The van der Waals surface area contributed by atoms with Crippen LogP contribution in [-0.4, -0.2) is 6.71 Å². The molecular weight excluding hydrogens is 667 g/mol. The highest BCUT2D eigenvalue weighted by atomic mass is 16.5. The fourth-order valence-corrected chi connectivity index (χ4v) is 9.26. The fraction of sp³-hybridized carbons (Fsp3) is 0.294. The Morgan fingerprint density at radius 2 is 1.16 bits per heavy atom. The highest BCUT2D eigenvalue weighted by Crippen LogP contribution is 2.57. The highest BCUT2D eigenvalue weighted by Gasteiger charge is 2.46. The molecule has 2 heterocycles. The summed E-state index contributed by atoms with van der Waals surface area (Å²) in [7, 11) is 0. The number of anilines is 5. The Morgan fingerprint density at radius 1 is 0.582 bits per heavy atom. The second kappa shape index (κ2) is 11.9. The van der Waals surface area contributed by atoms with Crippen molar-refractivity contribution in [3.8, 4) is 22.6 Å². The maximum atomic E-state index is 6.73. The quantitative estimate of drug-likeness (QED) is 0.184. The number of hydrogen-bond acceptors (Lipinski definition) is 3. The van der Waals surface area contributed by atoms with Crippen LogP contribution in [0, 0.1) is 0 Å². The second-order valence-corrected chi connectivity index (χ2v) is 19.6. The molecule has 0 bridgehead atoms. The average Bonchev–Trinajstić information content (AvgIpc) is 3.38. The Labute approximate surface area is 328 Å². The minimum Gasteiger partial charge on any atom is -0.458 e. The van der Waals surface area contributed by atoms with Gasteiger partial charge in [-0.3, -0.25) is 0 Å². The summed E-state index contributed by atoms with van der Waals surface area (Å²) >= 11 is 0. The molecule has 1 aliphatic carbocycles. The van der Waals surface area contributed by atoms with Gasteiger partial charge in [0.25, 0.3) is 6.71 Å². The molecule has 276 valence electrons. The predicted molar refractivity (Wildman–Crippen MR) is 236 cm³/mol. The van der Waals surface area contributed by atoms with Gasteiger partial charge in [0.15, 0.2) is 0 Å². The van der Waals surface area contributed by atoms with Gasteiger partial charge in [0.05, 0.1) is 5.69 Å². The average molecular weight is 721 g/mol. The summed E-state index contributed by atoms with van der Waals surface area (Å²) < 4.78 is 6.73. The first-order chi connectivity index (χ1) is 25.9. The molecule has 1 N–H and O–H groups in total. The van der Waals surface area contributed by atoms with Gasteiger partial charge in [-0.05, 0) is 115 Å². The van der Waals surface area contributed by atoms with Gasteiger partial charge in [-0.2, -0.15) is 0 Å². The fourth-order valence-electron chi connectivity index (χ4n) is 9.26. The lowest BCUT2D eigenvalue weighted by atomic mass is 9.34. The molecule has 9 rings (SSSR count). The lowest BCUT2D eigenvalue weighted by Gasteiger charge is -2.39. The van der Waals surface area contributed by atoms with Crippen LogP contribution in [0.4, 0.5) is 28.4 Å². The van der Waals surface area contributed by atoms with Crippen molar-refractivity contribution < 1.29 is 4.74 Å². The number of nitrogens with one attached hydrogen (secondary N) is 1. The van der Waals surface area contributed by atoms with E-state index in [1.54, 1.807) is 0 Å². The Kier molecular flexibility index (Phi) is 7.67. The number of benzene rings is 6. The van der Waals surface area contributed by atoms with Gasteiger partial charge in [0.1, 0.15) is 11.5 Å². The number of rotatable bonds is 3. The van der Waals surface area contributed by atoms with Crippen LogP contribution in [0.3, 0.4) is 0 Å². The standard InChI is InChI=1S/C51H53BN2O/c1-48(2,3)31-19-24-34(25-20-31)54(35-26-21-32(22-27-35)49(4,5)6)41-30-39-47(45-44(41)36-15-12-13-16-37(36)51(45,10)11)53-40-17-14-18-43-46(40)52(39)38-29-33(50(7,8)9)23-28-42(38)55-43/h12-30,53H,1-11H3. The Morgan fingerprint density at radius 3 is 1.76 bits per heavy atom. The third-order valence-electron chi connectivity index (χ3n) is 12.4. The molecule has 0 amide bonds. The van der Waals surface area contributed by atoms with E-state index in [0.717, 1.165) is 28.6 Å². The summed E-state index contributed by atoms with van der Waals surface area (Å²) in [6.07, 6.45) is 0. The second-order valence-electron chi connectivity index (χ2n) is 19.6. The zero-order chi connectivity index (χ0) is 38.8. The van der Waals surface area contributed by atoms with Gasteiger partial charge in [-0.1, -0.05) is 143 Å². The van der Waals surface area contributed by atoms with Gasteiger partial charge in [-0.25, -0.2) is 0 Å². The van der Waals surface area contributed by atoms with Crippen molar-refractivity contribution in [3.05, 3.63) is 143 Å². The van der Waals surface area contributed by atoms with Crippen LogP contribution in [0.25, 0.3) is 11.1 Å². The summed E-state index contributed by atoms with van der Waals surface area (Å²) in [5.41, 5.74) is 18.6. The lowest BCUT2D eigenvalue weighted by Crippen LogP contribution is -2.59. The largest absolute Gasteiger partial charge is 0.458 e. The first-order valence-electron chi connectivity index (χ1n) is 20.0. The van der Waals surface area contributed by atoms with E-state index in [4.69, 9.17) is 4.74 Å². The van der Waals surface area contributed by atoms with Crippen molar-refractivity contribution in [2.45, 2.75) is 97.8 Å². The summed E-state index contributed by atoms with van der Waals surface area (Å²) in [5, 5.41) is 4.04. The van der Waals surface area contributed by atoms with Crippen molar-refractivity contribution >= 4 is 51.5 Å². The van der Waals surface area contributed by atoms with E-state index in [0.29, 0.717) is 0 Å². The molecule has 0 fully saturated rings. The Hall–Kier alpha value is -5.22. The smallest absolute Gasteiger partial charge is 0.256 e. The van der Waals surface area contributed by atoms with Gasteiger partial charge in [0.2, 0.25) is 0 Å². The maximum absolute atomic E-state index is 6.73. The zero-order valence-electron chi connectivity index (χ0n) is 34.4. The van der Waals surface area contributed by atoms with Crippen LogP contribution in [0.2, 0.25) is 0 Å². The molecule has 55 heavy (non-hydrogen) atoms. The van der Waals surface area contributed by atoms with Crippen LogP contribution in [-0.2, 0) is 21.7 Å². The van der Waals surface area contributed by atoms with Crippen LogP contribution in [0.5, 0.6) is 11.5 Å². The van der Waals surface area contributed by atoms with E-state index in [1.807, 2.05) is 0 Å². The summed E-state index contributed by atoms with van der Waals surface area (Å²) in [4.78, 5) is 2.52. The van der Waals surface area contributed by atoms with E-state index in [2.05, 4.69) is 202 Å². The molecule has 0 spiro atoms. The SMILES string of the molecule is CC(C)(C)c1ccc(N(c2ccc(C(C)(C)C)cc2)c2cc3c(c4c2-c2ccccc2C4(C)C)Nc2cccc4c2B3c2cc(C(C)(C)C)ccc2O4)cc1. The molecule has 0 saturated heterocycles. The molecule has 0 atom stereocenters. The van der Waals surface area contributed by atoms with Crippen molar-refractivity contribution in [3.63, 3.8) is 0 Å². The first kappa shape index (κ1) is 35.5. The lowest BCUT2D eigenvalue weighted by molar-refractivity contribution is 0.486. The van der Waals surface area contributed by atoms with Crippen LogP contribution < -0.4 is 31.3 Å². The molecule has 2 aliphatic heterocycles. The summed E-state index contributed by atoms with van der Waals surface area (Å²) in [6, 6.07) is 43.4. The van der Waals surface area contributed by atoms with Gasteiger partial charge in [-0.15, -0.1) is 0 Å². The normalized spacial score (nSPS) is 14.9. The Bertz CT molecular complexity index is 2450. The topological polar surface area (TPSA) is 24.5 Å². The van der Waals surface area contributed by atoms with Crippen molar-refractivity contribution in [1.29, 1.82) is 0 Å². The number of nitrogens with zero attached hydrogens (tertiary/aromatic N) is 1. The van der Waals surface area contributed by atoms with E-state index in [1.165, 1.54) is 66.7 Å². The molecule has 0 unspecified atom stereocenters. The first-order valence-corrected chi connectivity index (χ1v) is 20.0. The summed E-state index contributed by atoms with van der Waals surface area (Å²) in [5.74, 6) is 1.86. The molecule has 3 aliphatic rings. The highest BCUT2D eigenvalue weighted by molar-refractivity contribution is 6.99. The van der Waals surface area contributed by atoms with Gasteiger partial charge >= 0.3 is 0 Å². The summed E-state index contributed by atoms with van der Waals surface area (Å²) in [6.45, 7) is 25.4. The van der Waals surface area contributed by atoms with E-state index in [9.17, 15) is 0 Å². The molecule has 0 radical (unpaired) electrons. The molecule has 6 aromatic carbocycles. The third-order valence-corrected chi connectivity index (χ3v) is 12.4. The predicted octanol–water partition coefficient (Wildman–Crippen LogP) is 12.0. The van der Waals surface area contributed by atoms with Crippen LogP contribution in [0.15, 0.2) is 115 Å². The van der Waals surface area contributed by atoms with Crippen LogP contribution in [0.1, 0.15) is 104 Å². The molecule has 0 aromatic heterocycles. The third kappa shape index (κ3) is 5.54. The number of hydrogen-bond donors (Lipinski definition) is 1. The van der Waals surface area contributed by atoms with E-state index in [-0.39, 0.29) is 28.4 Å². The number of ether oxygens (including phenoxy) is 1. The Balaban J connectivity index is 1.38. The van der Waals surface area contributed by atoms with Gasteiger partial charge in [0, 0.05) is 33.7 Å². The molecular formula is C51H53BN2O. The maximum Gasteiger partial charge on any atom is 0.256 e. The van der Waals surface area contributed by atoms with E-state index >= 15 is 0 Å². The molecule has 6 aromatic rings. The van der Waals surface area contributed by atoms with Gasteiger partial charge < -0.3 is 15.0 Å². The van der Waals surface area contributed by atoms with Crippen molar-refractivity contribution in [1.82, 2.24) is 0 Å². The molecule has 0 saturated carbocycles. The van der Waals surface area contributed by atoms with Crippen molar-refractivity contribution in [2.24, 2.45) is 0 Å². The van der Waals surface area contributed by atoms with Crippen molar-refractivity contribution in [2.75, 3.05) is 10.2 Å². The minimum atomic E-state index is -0.257. The monoisotopic (exact) mass is 720 g/mol. The molecule has 4 heteroatoms. The molecule has 3 nitrogen and oxygen atoms in total. The number of fused-ring (bicyclic) bond motifs is 8. The van der Waals surface area contributed by atoms with Crippen LogP contribution >= 0.6 is 0 Å². The minimum absolute atomic E-state index is 0.00740.